The molecule has 1 heterocycles. The van der Waals surface area contributed by atoms with Gasteiger partial charge in [-0.05, 0) is 6.92 Å². The Balaban J connectivity index is 2.87. The van der Waals surface area contributed by atoms with Crippen molar-refractivity contribution in [3.63, 3.8) is 0 Å². The van der Waals surface area contributed by atoms with Crippen LogP contribution in [0.4, 0.5) is 0 Å². The molecule has 2 atom stereocenters. The summed E-state index contributed by atoms with van der Waals surface area (Å²) in [6.45, 7) is 6.79. The van der Waals surface area contributed by atoms with Gasteiger partial charge in [-0.1, -0.05) is 13.8 Å². The van der Waals surface area contributed by atoms with Crippen LogP contribution in [-0.4, -0.2) is 49.1 Å². The lowest BCUT2D eigenvalue weighted by Gasteiger charge is -2.40. The summed E-state index contributed by atoms with van der Waals surface area (Å²) in [7, 11) is 1.35. The Morgan fingerprint density at radius 1 is 1.38 bits per heavy atom. The molecule has 0 spiro atoms. The molecule has 0 aromatic rings. The quantitative estimate of drug-likeness (QED) is 0.676. The standard InChI is InChI=1S/C11H20N2O3/c1-7(2)10(14)13-8(3)5-12-6-9(13)11(15)16-4/h7-9,12H,5-6H2,1-4H3/t8-,9-/m1/s1. The summed E-state index contributed by atoms with van der Waals surface area (Å²) in [5, 5.41) is 3.13. The van der Waals surface area contributed by atoms with Crippen molar-refractivity contribution in [2.24, 2.45) is 5.92 Å². The van der Waals surface area contributed by atoms with Crippen molar-refractivity contribution >= 4 is 11.9 Å². The summed E-state index contributed by atoms with van der Waals surface area (Å²) in [5.74, 6) is -0.454. The van der Waals surface area contributed by atoms with Crippen LogP contribution < -0.4 is 5.32 Å². The molecule has 5 nitrogen and oxygen atoms in total. The minimum Gasteiger partial charge on any atom is -0.467 e. The summed E-state index contributed by atoms with van der Waals surface area (Å²) >= 11 is 0. The summed E-state index contributed by atoms with van der Waals surface area (Å²) in [6, 6.07) is -0.476. The third-order valence-electron chi connectivity index (χ3n) is 2.81. The van der Waals surface area contributed by atoms with Gasteiger partial charge in [0.1, 0.15) is 6.04 Å². The maximum atomic E-state index is 12.0. The highest BCUT2D eigenvalue weighted by atomic mass is 16.5. The van der Waals surface area contributed by atoms with Gasteiger partial charge in [0.15, 0.2) is 0 Å². The van der Waals surface area contributed by atoms with E-state index in [1.807, 2.05) is 20.8 Å². The van der Waals surface area contributed by atoms with Crippen LogP contribution in [-0.2, 0) is 14.3 Å². The van der Waals surface area contributed by atoms with Gasteiger partial charge in [0.05, 0.1) is 7.11 Å². The SMILES string of the molecule is COC(=O)[C@H]1CNC[C@@H](C)N1C(=O)C(C)C. The van der Waals surface area contributed by atoms with Crippen LogP contribution in [0.2, 0.25) is 0 Å². The van der Waals surface area contributed by atoms with E-state index in [0.717, 1.165) is 0 Å². The van der Waals surface area contributed by atoms with E-state index in [0.29, 0.717) is 13.1 Å². The van der Waals surface area contributed by atoms with Gasteiger partial charge in [-0.2, -0.15) is 0 Å². The fourth-order valence-electron chi connectivity index (χ4n) is 1.93. The van der Waals surface area contributed by atoms with E-state index in [2.05, 4.69) is 5.32 Å². The fraction of sp³-hybridized carbons (Fsp3) is 0.818. The molecule has 1 rings (SSSR count). The zero-order chi connectivity index (χ0) is 12.3. The predicted molar refractivity (Wildman–Crippen MR) is 59.8 cm³/mol. The smallest absolute Gasteiger partial charge is 0.329 e. The Labute approximate surface area is 96.1 Å². The molecule has 1 saturated heterocycles. The van der Waals surface area contributed by atoms with Gasteiger partial charge in [0.25, 0.3) is 0 Å². The van der Waals surface area contributed by atoms with Crippen molar-refractivity contribution in [2.45, 2.75) is 32.9 Å². The Hall–Kier alpha value is -1.10. The number of hydrogen-bond donors (Lipinski definition) is 1. The number of nitrogens with zero attached hydrogens (tertiary/aromatic N) is 1. The first-order chi connectivity index (χ1) is 7.49. The third-order valence-corrected chi connectivity index (χ3v) is 2.81. The van der Waals surface area contributed by atoms with Crippen LogP contribution in [0, 0.1) is 5.92 Å². The van der Waals surface area contributed by atoms with E-state index < -0.39 is 6.04 Å². The van der Waals surface area contributed by atoms with Crippen LogP contribution >= 0.6 is 0 Å². The number of hydrogen-bond acceptors (Lipinski definition) is 4. The number of amides is 1. The van der Waals surface area contributed by atoms with E-state index in [4.69, 9.17) is 4.74 Å². The van der Waals surface area contributed by atoms with Crippen molar-refractivity contribution in [2.75, 3.05) is 20.2 Å². The van der Waals surface area contributed by atoms with Gasteiger partial charge < -0.3 is 15.0 Å². The molecule has 0 saturated carbocycles. The normalized spacial score (nSPS) is 25.7. The molecule has 92 valence electrons. The topological polar surface area (TPSA) is 58.6 Å². The zero-order valence-electron chi connectivity index (χ0n) is 10.3. The number of ether oxygens (including phenoxy) is 1. The Kier molecular flexibility index (Phi) is 4.29. The lowest BCUT2D eigenvalue weighted by Crippen LogP contribution is -2.62. The Morgan fingerprint density at radius 2 is 2.00 bits per heavy atom. The van der Waals surface area contributed by atoms with Crippen LogP contribution in [0.15, 0.2) is 0 Å². The molecule has 0 radical (unpaired) electrons. The van der Waals surface area contributed by atoms with E-state index in [1.165, 1.54) is 7.11 Å². The number of carbonyl (C=O) groups is 2. The Bertz CT molecular complexity index is 278. The van der Waals surface area contributed by atoms with Crippen LogP contribution in [0.1, 0.15) is 20.8 Å². The summed E-state index contributed by atoms with van der Waals surface area (Å²) in [5.41, 5.74) is 0. The van der Waals surface area contributed by atoms with Crippen molar-refractivity contribution in [1.82, 2.24) is 10.2 Å². The highest BCUT2D eigenvalue weighted by Gasteiger charge is 2.37. The minimum atomic E-state index is -0.497. The van der Waals surface area contributed by atoms with E-state index in [-0.39, 0.29) is 23.8 Å². The average molecular weight is 228 g/mol. The van der Waals surface area contributed by atoms with Gasteiger partial charge in [-0.3, -0.25) is 4.79 Å². The lowest BCUT2D eigenvalue weighted by atomic mass is 10.0. The summed E-state index contributed by atoms with van der Waals surface area (Å²) < 4.78 is 4.73. The van der Waals surface area contributed by atoms with E-state index in [9.17, 15) is 9.59 Å². The molecule has 1 amide bonds. The maximum absolute atomic E-state index is 12.0. The number of rotatable bonds is 2. The molecule has 0 unspecified atom stereocenters. The number of piperazine rings is 1. The first-order valence-electron chi connectivity index (χ1n) is 5.59. The van der Waals surface area contributed by atoms with Gasteiger partial charge in [0, 0.05) is 25.0 Å². The molecular formula is C11H20N2O3. The number of esters is 1. The predicted octanol–water partition coefficient (Wildman–Crippen LogP) is 0.00430. The molecular weight excluding hydrogens is 208 g/mol. The summed E-state index contributed by atoms with van der Waals surface area (Å²) in [6.07, 6.45) is 0. The first kappa shape index (κ1) is 13.0. The first-order valence-corrected chi connectivity index (χ1v) is 5.59. The second-order valence-electron chi connectivity index (χ2n) is 4.45. The van der Waals surface area contributed by atoms with Crippen molar-refractivity contribution < 1.29 is 14.3 Å². The monoisotopic (exact) mass is 228 g/mol. The molecule has 1 aliphatic heterocycles. The largest absolute Gasteiger partial charge is 0.467 e. The van der Waals surface area contributed by atoms with Crippen LogP contribution in [0.5, 0.6) is 0 Å². The zero-order valence-corrected chi connectivity index (χ0v) is 10.3. The number of carbonyl (C=O) groups excluding carboxylic acids is 2. The van der Waals surface area contributed by atoms with Gasteiger partial charge in [-0.25, -0.2) is 4.79 Å². The third kappa shape index (κ3) is 2.52. The average Bonchev–Trinajstić information content (AvgIpc) is 2.26. The number of nitrogens with one attached hydrogen (secondary N) is 1. The second kappa shape index (κ2) is 5.30. The van der Waals surface area contributed by atoms with Crippen LogP contribution in [0.3, 0.4) is 0 Å². The lowest BCUT2D eigenvalue weighted by molar-refractivity contribution is -0.157. The highest BCUT2D eigenvalue weighted by molar-refractivity contribution is 5.86. The highest BCUT2D eigenvalue weighted by Crippen LogP contribution is 2.15. The molecule has 0 aliphatic carbocycles. The molecule has 1 aliphatic rings. The fourth-order valence-corrected chi connectivity index (χ4v) is 1.93. The Morgan fingerprint density at radius 3 is 2.50 bits per heavy atom. The summed E-state index contributed by atoms with van der Waals surface area (Å²) in [4.78, 5) is 25.3. The molecule has 1 fully saturated rings. The van der Waals surface area contributed by atoms with Crippen LogP contribution in [0.25, 0.3) is 0 Å². The molecule has 0 aromatic heterocycles. The van der Waals surface area contributed by atoms with Crippen molar-refractivity contribution in [3.8, 4) is 0 Å². The van der Waals surface area contributed by atoms with Gasteiger partial charge in [-0.15, -0.1) is 0 Å². The number of methoxy groups -OCH3 is 1. The maximum Gasteiger partial charge on any atom is 0.329 e. The molecule has 0 aromatic carbocycles. The van der Waals surface area contributed by atoms with Gasteiger partial charge in [0.2, 0.25) is 5.91 Å². The minimum absolute atomic E-state index is 0.00407. The molecule has 16 heavy (non-hydrogen) atoms. The molecule has 5 heteroatoms. The molecule has 0 bridgehead atoms. The second-order valence-corrected chi connectivity index (χ2v) is 4.45. The van der Waals surface area contributed by atoms with E-state index >= 15 is 0 Å². The van der Waals surface area contributed by atoms with Crippen molar-refractivity contribution in [3.05, 3.63) is 0 Å². The van der Waals surface area contributed by atoms with E-state index in [1.54, 1.807) is 4.90 Å². The van der Waals surface area contributed by atoms with Gasteiger partial charge >= 0.3 is 5.97 Å². The molecule has 1 N–H and O–H groups in total. The van der Waals surface area contributed by atoms with Crippen molar-refractivity contribution in [1.29, 1.82) is 0 Å².